The van der Waals surface area contributed by atoms with Gasteiger partial charge in [-0.25, -0.2) is 13.8 Å². The van der Waals surface area contributed by atoms with Crippen molar-refractivity contribution in [2.75, 3.05) is 5.32 Å². The van der Waals surface area contributed by atoms with E-state index in [-0.39, 0.29) is 29.2 Å². The van der Waals surface area contributed by atoms with Crippen molar-refractivity contribution >= 4 is 11.7 Å². The zero-order valence-electron chi connectivity index (χ0n) is 16.1. The summed E-state index contributed by atoms with van der Waals surface area (Å²) in [6.07, 6.45) is -3.62. The Morgan fingerprint density at radius 1 is 1.23 bits per heavy atom. The zero-order valence-corrected chi connectivity index (χ0v) is 16.1. The zero-order chi connectivity index (χ0) is 22.8. The van der Waals surface area contributed by atoms with Crippen molar-refractivity contribution < 1.29 is 31.9 Å². The van der Waals surface area contributed by atoms with Gasteiger partial charge in [-0.1, -0.05) is 12.1 Å². The van der Waals surface area contributed by atoms with Crippen LogP contribution in [0.25, 0.3) is 0 Å². The smallest absolute Gasteiger partial charge is 0.390 e. The summed E-state index contributed by atoms with van der Waals surface area (Å²) in [7, 11) is 0. The SMILES string of the molecule is Cc1ccc(Cn2cnc(NC(=O)c3cnc(CO)c(C(F)F)c3)c2)cc1C(F)(F)F. The Labute approximate surface area is 173 Å². The minimum Gasteiger partial charge on any atom is -0.390 e. The molecular formula is C20H17F5N4O2. The van der Waals surface area contributed by atoms with Gasteiger partial charge in [-0.2, -0.15) is 13.2 Å². The highest BCUT2D eigenvalue weighted by molar-refractivity contribution is 6.03. The molecule has 31 heavy (non-hydrogen) atoms. The van der Waals surface area contributed by atoms with Crippen molar-refractivity contribution in [1.82, 2.24) is 14.5 Å². The number of alkyl halides is 5. The van der Waals surface area contributed by atoms with Gasteiger partial charge in [0.1, 0.15) is 0 Å². The van der Waals surface area contributed by atoms with Crippen molar-refractivity contribution in [3.05, 3.63) is 76.5 Å². The standard InChI is InChI=1S/C20H17F5N4O2/c1-11-2-3-12(4-15(11)20(23,24)25)7-29-8-17(27-10-29)28-19(31)13-5-14(18(21)22)16(9-30)26-6-13/h2-6,8,10,18,30H,7,9H2,1H3,(H,28,31). The highest BCUT2D eigenvalue weighted by Gasteiger charge is 2.32. The first-order chi connectivity index (χ1) is 14.6. The summed E-state index contributed by atoms with van der Waals surface area (Å²) in [5.41, 5.74) is -1.17. The van der Waals surface area contributed by atoms with Crippen LogP contribution in [0.5, 0.6) is 0 Å². The van der Waals surface area contributed by atoms with E-state index in [2.05, 4.69) is 15.3 Å². The van der Waals surface area contributed by atoms with Gasteiger partial charge in [0.05, 0.1) is 29.8 Å². The number of rotatable bonds is 6. The van der Waals surface area contributed by atoms with Crippen molar-refractivity contribution in [3.8, 4) is 0 Å². The molecule has 0 spiro atoms. The number of benzene rings is 1. The summed E-state index contributed by atoms with van der Waals surface area (Å²) in [5, 5.41) is 11.5. The maximum atomic E-state index is 13.1. The molecule has 2 aromatic heterocycles. The number of amides is 1. The number of nitrogens with one attached hydrogen (secondary N) is 1. The molecule has 1 aromatic carbocycles. The molecule has 0 aliphatic carbocycles. The monoisotopic (exact) mass is 440 g/mol. The largest absolute Gasteiger partial charge is 0.416 e. The number of anilines is 1. The summed E-state index contributed by atoms with van der Waals surface area (Å²) in [5.74, 6) is -0.670. The number of carbonyl (C=O) groups is 1. The van der Waals surface area contributed by atoms with Gasteiger partial charge in [0.15, 0.2) is 5.82 Å². The van der Waals surface area contributed by atoms with Crippen LogP contribution in [0.2, 0.25) is 0 Å². The number of hydrogen-bond acceptors (Lipinski definition) is 4. The number of halogens is 5. The van der Waals surface area contributed by atoms with E-state index in [0.717, 1.165) is 18.3 Å². The summed E-state index contributed by atoms with van der Waals surface area (Å²) in [6, 6.07) is 4.92. The number of pyridine rings is 1. The quantitative estimate of drug-likeness (QED) is 0.559. The third-order valence-electron chi connectivity index (χ3n) is 4.50. The molecule has 0 unspecified atom stereocenters. The molecular weight excluding hydrogens is 423 g/mol. The lowest BCUT2D eigenvalue weighted by Gasteiger charge is -2.12. The van der Waals surface area contributed by atoms with Gasteiger partial charge in [-0.05, 0) is 30.2 Å². The number of nitrogens with zero attached hydrogens (tertiary/aromatic N) is 3. The summed E-state index contributed by atoms with van der Waals surface area (Å²) >= 11 is 0. The summed E-state index contributed by atoms with van der Waals surface area (Å²) < 4.78 is 66.8. The first-order valence-corrected chi connectivity index (χ1v) is 8.96. The summed E-state index contributed by atoms with van der Waals surface area (Å²) in [6.45, 7) is 0.758. The molecule has 2 heterocycles. The first-order valence-electron chi connectivity index (χ1n) is 8.96. The molecule has 1 amide bonds. The van der Waals surface area contributed by atoms with Crippen LogP contribution in [0.3, 0.4) is 0 Å². The minimum absolute atomic E-state index is 0.0779. The van der Waals surface area contributed by atoms with E-state index in [9.17, 15) is 26.7 Å². The number of aromatic nitrogens is 3. The maximum Gasteiger partial charge on any atom is 0.416 e. The molecule has 0 atom stereocenters. The van der Waals surface area contributed by atoms with Gasteiger partial charge in [0, 0.05) is 24.5 Å². The molecule has 0 bridgehead atoms. The van der Waals surface area contributed by atoms with Crippen LogP contribution in [-0.4, -0.2) is 25.5 Å². The van der Waals surface area contributed by atoms with Gasteiger partial charge in [0.2, 0.25) is 0 Å². The predicted octanol–water partition coefficient (Wildman–Crippen LogP) is 4.34. The highest BCUT2D eigenvalue weighted by Crippen LogP contribution is 2.32. The molecule has 0 fully saturated rings. The summed E-state index contributed by atoms with van der Waals surface area (Å²) in [4.78, 5) is 19.9. The van der Waals surface area contributed by atoms with Crippen LogP contribution in [0.4, 0.5) is 27.8 Å². The first kappa shape index (κ1) is 22.3. The van der Waals surface area contributed by atoms with Crippen LogP contribution in [0.1, 0.15) is 44.7 Å². The average molecular weight is 440 g/mol. The molecule has 0 saturated heterocycles. The van der Waals surface area contributed by atoms with Gasteiger partial charge in [0.25, 0.3) is 12.3 Å². The Balaban J connectivity index is 1.73. The molecule has 3 rings (SSSR count). The van der Waals surface area contributed by atoms with Crippen LogP contribution >= 0.6 is 0 Å². The fraction of sp³-hybridized carbons (Fsp3) is 0.250. The van der Waals surface area contributed by atoms with E-state index in [1.165, 1.54) is 30.1 Å². The topological polar surface area (TPSA) is 80.0 Å². The van der Waals surface area contributed by atoms with Crippen molar-refractivity contribution in [2.24, 2.45) is 0 Å². The van der Waals surface area contributed by atoms with Crippen LogP contribution < -0.4 is 5.32 Å². The minimum atomic E-state index is -4.47. The molecule has 2 N–H and O–H groups in total. The average Bonchev–Trinajstić information content (AvgIpc) is 3.14. The van der Waals surface area contributed by atoms with E-state index in [4.69, 9.17) is 5.11 Å². The third kappa shape index (κ3) is 5.23. The number of hydrogen-bond donors (Lipinski definition) is 2. The van der Waals surface area contributed by atoms with E-state index in [1.54, 1.807) is 6.07 Å². The predicted molar refractivity (Wildman–Crippen MR) is 101 cm³/mol. The lowest BCUT2D eigenvalue weighted by Crippen LogP contribution is -2.14. The molecule has 164 valence electrons. The van der Waals surface area contributed by atoms with E-state index >= 15 is 0 Å². The van der Waals surface area contributed by atoms with E-state index < -0.39 is 36.2 Å². The van der Waals surface area contributed by atoms with Gasteiger partial charge in [-0.15, -0.1) is 0 Å². The highest BCUT2D eigenvalue weighted by atomic mass is 19.4. The van der Waals surface area contributed by atoms with Gasteiger partial charge >= 0.3 is 6.18 Å². The second kappa shape index (κ2) is 8.80. The number of carbonyl (C=O) groups excluding carboxylic acids is 1. The molecule has 0 saturated carbocycles. The number of aliphatic hydroxyl groups is 1. The Bertz CT molecular complexity index is 1100. The van der Waals surface area contributed by atoms with Crippen LogP contribution in [0.15, 0.2) is 43.0 Å². The molecule has 0 aliphatic heterocycles. The second-order valence-electron chi connectivity index (χ2n) is 6.75. The Hall–Kier alpha value is -3.34. The fourth-order valence-electron chi connectivity index (χ4n) is 2.94. The Kier molecular flexibility index (Phi) is 6.34. The molecule has 3 aromatic rings. The molecule has 0 radical (unpaired) electrons. The fourth-order valence-corrected chi connectivity index (χ4v) is 2.94. The number of aliphatic hydroxyl groups excluding tert-OH is 1. The van der Waals surface area contributed by atoms with Crippen LogP contribution in [-0.2, 0) is 19.3 Å². The van der Waals surface area contributed by atoms with Gasteiger partial charge in [-0.3, -0.25) is 9.78 Å². The third-order valence-corrected chi connectivity index (χ3v) is 4.50. The normalized spacial score (nSPS) is 11.7. The van der Waals surface area contributed by atoms with Crippen molar-refractivity contribution in [2.45, 2.75) is 32.7 Å². The lowest BCUT2D eigenvalue weighted by molar-refractivity contribution is -0.138. The molecule has 11 heteroatoms. The second-order valence-corrected chi connectivity index (χ2v) is 6.75. The van der Waals surface area contributed by atoms with E-state index in [1.807, 2.05) is 0 Å². The van der Waals surface area contributed by atoms with Gasteiger partial charge < -0.3 is 15.0 Å². The Morgan fingerprint density at radius 3 is 2.61 bits per heavy atom. The van der Waals surface area contributed by atoms with Crippen molar-refractivity contribution in [3.63, 3.8) is 0 Å². The van der Waals surface area contributed by atoms with Crippen molar-refractivity contribution in [1.29, 1.82) is 0 Å². The van der Waals surface area contributed by atoms with Crippen LogP contribution in [0, 0.1) is 6.92 Å². The molecule has 6 nitrogen and oxygen atoms in total. The Morgan fingerprint density at radius 2 is 1.97 bits per heavy atom. The molecule has 0 aliphatic rings. The maximum absolute atomic E-state index is 13.1. The number of aryl methyl sites for hydroxylation is 1. The van der Waals surface area contributed by atoms with E-state index in [0.29, 0.717) is 5.56 Å². The number of imidazole rings is 1. The lowest BCUT2D eigenvalue weighted by atomic mass is 10.0.